The quantitative estimate of drug-likeness (QED) is 0.833. The fourth-order valence-electron chi connectivity index (χ4n) is 2.34. The second kappa shape index (κ2) is 7.67. The van der Waals surface area contributed by atoms with Gasteiger partial charge in [-0.2, -0.15) is 0 Å². The van der Waals surface area contributed by atoms with E-state index in [1.54, 1.807) is 12.3 Å². The zero-order valence-corrected chi connectivity index (χ0v) is 14.1. The number of benzene rings is 1. The normalized spacial score (nSPS) is 13.5. The van der Waals surface area contributed by atoms with E-state index in [0.717, 1.165) is 29.2 Å². The molecule has 2 rings (SSSR count). The molecule has 1 amide bonds. The minimum absolute atomic E-state index is 0.0221. The highest BCUT2D eigenvalue weighted by Gasteiger charge is 2.24. The Morgan fingerprint density at radius 2 is 2.00 bits per heavy atom. The molecule has 0 aliphatic carbocycles. The number of aromatic nitrogens is 1. The van der Waals surface area contributed by atoms with Gasteiger partial charge in [-0.1, -0.05) is 17.4 Å². The van der Waals surface area contributed by atoms with Gasteiger partial charge in [0.05, 0.1) is 11.6 Å². The highest BCUT2D eigenvalue weighted by atomic mass is 32.1. The van der Waals surface area contributed by atoms with Gasteiger partial charge in [0, 0.05) is 24.0 Å². The van der Waals surface area contributed by atoms with Crippen molar-refractivity contribution >= 4 is 17.2 Å². The molecule has 0 spiro atoms. The van der Waals surface area contributed by atoms with Gasteiger partial charge in [-0.25, -0.2) is 8.78 Å². The average Bonchev–Trinajstić information content (AvgIpc) is 2.83. The van der Waals surface area contributed by atoms with Gasteiger partial charge in [0.2, 0.25) is 5.91 Å². The summed E-state index contributed by atoms with van der Waals surface area (Å²) in [6.07, 6.45) is -1.49. The van der Waals surface area contributed by atoms with Crippen LogP contribution in [0.5, 0.6) is 0 Å². The number of hydrogen-bond acceptors (Lipinski definition) is 4. The van der Waals surface area contributed by atoms with Crippen LogP contribution in [0.1, 0.15) is 30.7 Å². The molecule has 24 heavy (non-hydrogen) atoms. The summed E-state index contributed by atoms with van der Waals surface area (Å²) in [5.74, 6) is -2.16. The Labute approximate surface area is 141 Å². The van der Waals surface area contributed by atoms with Crippen LogP contribution in [-0.4, -0.2) is 21.6 Å². The minimum atomic E-state index is -1.51. The van der Waals surface area contributed by atoms with E-state index in [1.807, 2.05) is 0 Å². The number of nitrogens with zero attached hydrogens (tertiary/aromatic N) is 1. The first kappa shape index (κ1) is 18.3. The summed E-state index contributed by atoms with van der Waals surface area (Å²) in [5.41, 5.74) is 0.287. The van der Waals surface area contributed by atoms with Gasteiger partial charge in [-0.3, -0.25) is 9.59 Å². The Hall–Kier alpha value is -2.06. The first-order chi connectivity index (χ1) is 11.3. The number of amides is 1. The van der Waals surface area contributed by atoms with E-state index in [2.05, 4.69) is 5.32 Å². The van der Waals surface area contributed by atoms with Crippen molar-refractivity contribution in [1.82, 2.24) is 9.88 Å². The van der Waals surface area contributed by atoms with Gasteiger partial charge in [0.25, 0.3) is 0 Å². The van der Waals surface area contributed by atoms with Crippen molar-refractivity contribution in [2.75, 3.05) is 0 Å². The van der Waals surface area contributed by atoms with Crippen molar-refractivity contribution in [2.45, 2.75) is 39.0 Å². The predicted octanol–water partition coefficient (Wildman–Crippen LogP) is 2.12. The van der Waals surface area contributed by atoms with Crippen LogP contribution in [0, 0.1) is 18.6 Å². The largest absolute Gasteiger partial charge is 0.386 e. The molecule has 1 aromatic heterocycles. The lowest BCUT2D eigenvalue weighted by Gasteiger charge is -2.21. The highest BCUT2D eigenvalue weighted by molar-refractivity contribution is 7.07. The number of aryl methyl sites for hydroxylation is 1. The third kappa shape index (κ3) is 4.07. The molecule has 8 heteroatoms. The van der Waals surface area contributed by atoms with Gasteiger partial charge in [-0.15, -0.1) is 0 Å². The molecule has 2 atom stereocenters. The maximum absolute atomic E-state index is 13.7. The Balaban J connectivity index is 1.97. The fourth-order valence-corrected chi connectivity index (χ4v) is 3.10. The van der Waals surface area contributed by atoms with Crippen molar-refractivity contribution < 1.29 is 18.7 Å². The molecule has 0 fully saturated rings. The van der Waals surface area contributed by atoms with E-state index >= 15 is 0 Å². The van der Waals surface area contributed by atoms with E-state index in [4.69, 9.17) is 0 Å². The van der Waals surface area contributed by atoms with Gasteiger partial charge >= 0.3 is 4.87 Å². The minimum Gasteiger partial charge on any atom is -0.386 e. The lowest BCUT2D eigenvalue weighted by Crippen LogP contribution is -2.38. The van der Waals surface area contributed by atoms with Crippen LogP contribution in [0.3, 0.4) is 0 Å². The number of hydrogen-bond donors (Lipinski definition) is 2. The molecular weight excluding hydrogens is 338 g/mol. The van der Waals surface area contributed by atoms with Crippen molar-refractivity contribution in [3.8, 4) is 0 Å². The molecule has 1 heterocycles. The van der Waals surface area contributed by atoms with E-state index in [1.165, 1.54) is 17.6 Å². The molecule has 0 saturated heterocycles. The summed E-state index contributed by atoms with van der Waals surface area (Å²) in [6.45, 7) is 3.43. The number of carbonyl (C=O) groups excluding carboxylic acids is 1. The summed E-state index contributed by atoms with van der Waals surface area (Å²) in [4.78, 5) is 23.4. The van der Waals surface area contributed by atoms with Gasteiger partial charge in [-0.05, 0) is 26.0 Å². The van der Waals surface area contributed by atoms with Gasteiger partial charge < -0.3 is 15.0 Å². The second-order valence-corrected chi connectivity index (χ2v) is 6.30. The summed E-state index contributed by atoms with van der Waals surface area (Å²) in [5, 5.41) is 14.3. The molecule has 0 radical (unpaired) electrons. The van der Waals surface area contributed by atoms with E-state index in [9.17, 15) is 23.5 Å². The van der Waals surface area contributed by atoms with Crippen LogP contribution in [0.15, 0.2) is 28.4 Å². The number of aliphatic hydroxyl groups is 1. The molecule has 5 nitrogen and oxygen atoms in total. The average molecular weight is 356 g/mol. The summed E-state index contributed by atoms with van der Waals surface area (Å²) >= 11 is 1.05. The Morgan fingerprint density at radius 1 is 1.38 bits per heavy atom. The Kier molecular flexibility index (Phi) is 5.84. The second-order valence-electron chi connectivity index (χ2n) is 5.48. The lowest BCUT2D eigenvalue weighted by atomic mass is 10.0. The van der Waals surface area contributed by atoms with Crippen molar-refractivity contribution in [2.24, 2.45) is 0 Å². The van der Waals surface area contributed by atoms with E-state index in [0.29, 0.717) is 0 Å². The maximum Gasteiger partial charge on any atom is 0.307 e. The van der Waals surface area contributed by atoms with Crippen LogP contribution >= 0.6 is 11.3 Å². The zero-order valence-electron chi connectivity index (χ0n) is 13.3. The number of nitrogens with one attached hydrogen (secondary N) is 1. The van der Waals surface area contributed by atoms with Crippen LogP contribution in [-0.2, 0) is 11.3 Å². The molecule has 0 aliphatic heterocycles. The molecule has 1 aromatic carbocycles. The number of aliphatic hydroxyl groups excluding tert-OH is 1. The topological polar surface area (TPSA) is 71.3 Å². The van der Waals surface area contributed by atoms with Crippen LogP contribution in [0.25, 0.3) is 0 Å². The standard InChI is InChI=1S/C16H18F2N2O3S/c1-9-8-24-16(23)20(9)7-6-13(21)19-10(2)15(22)14-11(17)4-3-5-12(14)18/h3-5,8,10,15,22H,6-7H2,1-2H3,(H,19,21)/t10-,15+/m1/s1. The Bertz CT molecular complexity index is 768. The third-order valence-corrected chi connectivity index (χ3v) is 4.58. The first-order valence-corrected chi connectivity index (χ1v) is 8.25. The molecule has 0 unspecified atom stereocenters. The molecule has 130 valence electrons. The number of rotatable bonds is 6. The molecular formula is C16H18F2N2O3S. The number of thiazole rings is 1. The molecule has 2 aromatic rings. The predicted molar refractivity (Wildman–Crippen MR) is 86.9 cm³/mol. The molecule has 2 N–H and O–H groups in total. The van der Waals surface area contributed by atoms with Crippen molar-refractivity contribution in [3.05, 3.63) is 56.1 Å². The number of halogens is 2. The summed E-state index contributed by atoms with van der Waals surface area (Å²) < 4.78 is 28.8. The first-order valence-electron chi connectivity index (χ1n) is 7.37. The molecule has 0 aliphatic rings. The van der Waals surface area contributed by atoms with E-state index in [-0.39, 0.29) is 17.8 Å². The van der Waals surface area contributed by atoms with Gasteiger partial charge in [0.15, 0.2) is 0 Å². The van der Waals surface area contributed by atoms with Crippen LogP contribution < -0.4 is 10.2 Å². The van der Waals surface area contributed by atoms with Gasteiger partial charge in [0.1, 0.15) is 17.7 Å². The lowest BCUT2D eigenvalue weighted by molar-refractivity contribution is -0.122. The Morgan fingerprint density at radius 3 is 2.54 bits per heavy atom. The molecule has 0 bridgehead atoms. The SMILES string of the molecule is Cc1csc(=O)n1CCC(=O)N[C@H](C)[C@H](O)c1c(F)cccc1F. The molecule has 0 saturated carbocycles. The maximum atomic E-state index is 13.7. The van der Waals surface area contributed by atoms with Crippen molar-refractivity contribution in [3.63, 3.8) is 0 Å². The van der Waals surface area contributed by atoms with Crippen LogP contribution in [0.2, 0.25) is 0 Å². The smallest absolute Gasteiger partial charge is 0.307 e. The zero-order chi connectivity index (χ0) is 17.9. The summed E-state index contributed by atoms with van der Waals surface area (Å²) in [6, 6.07) is 2.40. The van der Waals surface area contributed by atoms with E-state index < -0.39 is 35.3 Å². The highest BCUT2D eigenvalue weighted by Crippen LogP contribution is 2.23. The van der Waals surface area contributed by atoms with Crippen molar-refractivity contribution in [1.29, 1.82) is 0 Å². The summed E-state index contributed by atoms with van der Waals surface area (Å²) in [7, 11) is 0. The third-order valence-electron chi connectivity index (χ3n) is 3.70. The monoisotopic (exact) mass is 356 g/mol. The van der Waals surface area contributed by atoms with Crippen LogP contribution in [0.4, 0.5) is 8.78 Å². The number of carbonyl (C=O) groups is 1. The fraction of sp³-hybridized carbons (Fsp3) is 0.375.